The fourth-order valence-electron chi connectivity index (χ4n) is 2.28. The minimum Gasteiger partial charge on any atom is -0.205 e. The Morgan fingerprint density at radius 1 is 0.778 bits per heavy atom. The molecule has 0 spiro atoms. The normalized spacial score (nSPS) is 10.2. The van der Waals surface area contributed by atoms with Crippen LogP contribution in [0.4, 0.5) is 0 Å². The molecule has 1 heterocycles. The molecule has 3 rings (SSSR count). The molecule has 2 aromatic carbocycles. The zero-order valence-electron chi connectivity index (χ0n) is 11.6. The highest BCUT2D eigenvalue weighted by molar-refractivity contribution is 6.07. The highest BCUT2D eigenvalue weighted by atomic mass is 14.9. The van der Waals surface area contributed by atoms with Crippen LogP contribution in [-0.4, -0.2) is 0 Å². The second-order valence-corrected chi connectivity index (χ2v) is 4.26. The molecule has 0 saturated heterocycles. The molecule has 3 aromatic rings. The molecule has 0 atom stereocenters. The first kappa shape index (κ1) is 12.6. The highest BCUT2D eigenvalue weighted by Crippen LogP contribution is 2.25. The van der Waals surface area contributed by atoms with Crippen LogP contribution in [0.25, 0.3) is 21.5 Å². The van der Waals surface area contributed by atoms with Gasteiger partial charge in [-0.15, -0.1) is 0 Å². The van der Waals surface area contributed by atoms with Gasteiger partial charge < -0.3 is 0 Å². The van der Waals surface area contributed by atoms with Crippen molar-refractivity contribution < 1.29 is 4.57 Å². The molecule has 0 saturated carbocycles. The largest absolute Gasteiger partial charge is 0.205 e. The summed E-state index contributed by atoms with van der Waals surface area (Å²) in [5.41, 5.74) is 1.31. The molecule has 0 bridgehead atoms. The lowest BCUT2D eigenvalue weighted by molar-refractivity contribution is -0.676. The quantitative estimate of drug-likeness (QED) is 0.409. The van der Waals surface area contributed by atoms with E-state index in [0.29, 0.717) is 0 Å². The number of benzene rings is 2. The minimum absolute atomic E-state index is 1.31. The Balaban J connectivity index is 0.000000574. The van der Waals surface area contributed by atoms with E-state index in [1.54, 1.807) is 0 Å². The monoisotopic (exact) mass is 238 g/mol. The molecule has 0 aliphatic carbocycles. The van der Waals surface area contributed by atoms with Gasteiger partial charge in [0.25, 0.3) is 0 Å². The molecule has 18 heavy (non-hydrogen) atoms. The lowest BCUT2D eigenvalue weighted by atomic mass is 10.0. The summed E-state index contributed by atoms with van der Waals surface area (Å²) < 4.78 is 2.16. The van der Waals surface area contributed by atoms with Crippen molar-refractivity contribution in [2.45, 2.75) is 20.8 Å². The third kappa shape index (κ3) is 1.97. The fraction of sp³-hybridized carbons (Fsp3) is 0.235. The Labute approximate surface area is 109 Å². The Bertz CT molecular complexity index is 684. The molecular weight excluding hydrogens is 218 g/mol. The van der Waals surface area contributed by atoms with E-state index in [2.05, 4.69) is 67.2 Å². The second-order valence-electron chi connectivity index (χ2n) is 4.26. The van der Waals surface area contributed by atoms with Gasteiger partial charge in [-0.05, 0) is 16.8 Å². The molecule has 1 nitrogen and oxygen atoms in total. The van der Waals surface area contributed by atoms with Crippen LogP contribution in [0.1, 0.15) is 19.5 Å². The number of fused-ring (bicyclic) bond motifs is 3. The molecule has 0 aliphatic rings. The first-order chi connectivity index (χ1) is 8.77. The van der Waals surface area contributed by atoms with Gasteiger partial charge in [0.1, 0.15) is 7.05 Å². The third-order valence-electron chi connectivity index (χ3n) is 3.35. The standard InChI is InChI=1S/C15H14N.C2H6/c1-11-13-8-7-12-5-3-4-6-14(12)15(13)9-10-16(11)2;1-2/h3-10H,1-2H3;1-2H3/q+1;. The van der Waals surface area contributed by atoms with Gasteiger partial charge in [-0.2, -0.15) is 0 Å². The predicted molar refractivity (Wildman–Crippen MR) is 78.7 cm³/mol. The fourth-order valence-corrected chi connectivity index (χ4v) is 2.28. The van der Waals surface area contributed by atoms with Gasteiger partial charge >= 0.3 is 0 Å². The van der Waals surface area contributed by atoms with Crippen LogP contribution in [0, 0.1) is 6.92 Å². The SMILES string of the molecule is CC.Cc1c2ccc3ccccc3c2cc[n+]1C. The second kappa shape index (κ2) is 5.18. The first-order valence-corrected chi connectivity index (χ1v) is 6.54. The molecule has 0 N–H and O–H groups in total. The Hall–Kier alpha value is -1.89. The summed E-state index contributed by atoms with van der Waals surface area (Å²) in [6, 6.07) is 15.2. The average molecular weight is 238 g/mol. The summed E-state index contributed by atoms with van der Waals surface area (Å²) in [6.07, 6.45) is 2.13. The van der Waals surface area contributed by atoms with Crippen molar-refractivity contribution in [3.05, 3.63) is 54.4 Å². The number of rotatable bonds is 0. The number of nitrogens with zero attached hydrogens (tertiary/aromatic N) is 1. The van der Waals surface area contributed by atoms with Gasteiger partial charge in [0.2, 0.25) is 0 Å². The van der Waals surface area contributed by atoms with E-state index in [9.17, 15) is 0 Å². The Morgan fingerprint density at radius 2 is 1.50 bits per heavy atom. The van der Waals surface area contributed by atoms with Crippen LogP contribution in [-0.2, 0) is 7.05 Å². The van der Waals surface area contributed by atoms with E-state index < -0.39 is 0 Å². The molecule has 1 aromatic heterocycles. The topological polar surface area (TPSA) is 3.88 Å². The van der Waals surface area contributed by atoms with Gasteiger partial charge in [-0.1, -0.05) is 44.2 Å². The van der Waals surface area contributed by atoms with E-state index >= 15 is 0 Å². The highest BCUT2D eigenvalue weighted by Gasteiger charge is 2.08. The summed E-state index contributed by atoms with van der Waals surface area (Å²) >= 11 is 0. The summed E-state index contributed by atoms with van der Waals surface area (Å²) in [5, 5.41) is 5.32. The zero-order valence-corrected chi connectivity index (χ0v) is 11.6. The van der Waals surface area contributed by atoms with E-state index in [-0.39, 0.29) is 0 Å². The van der Waals surface area contributed by atoms with Crippen LogP contribution < -0.4 is 4.57 Å². The zero-order chi connectivity index (χ0) is 13.1. The maximum absolute atomic E-state index is 2.22. The van der Waals surface area contributed by atoms with Crippen LogP contribution in [0.3, 0.4) is 0 Å². The smallest absolute Gasteiger partial charge is 0.185 e. The maximum Gasteiger partial charge on any atom is 0.185 e. The van der Waals surface area contributed by atoms with E-state index in [4.69, 9.17) is 0 Å². The third-order valence-corrected chi connectivity index (χ3v) is 3.35. The van der Waals surface area contributed by atoms with Crippen molar-refractivity contribution in [2.75, 3.05) is 0 Å². The summed E-state index contributed by atoms with van der Waals surface area (Å²) in [7, 11) is 2.09. The summed E-state index contributed by atoms with van der Waals surface area (Å²) in [5.74, 6) is 0. The lowest BCUT2D eigenvalue weighted by Crippen LogP contribution is -2.31. The van der Waals surface area contributed by atoms with Gasteiger partial charge in [-0.25, -0.2) is 4.57 Å². The molecule has 0 unspecified atom stereocenters. The van der Waals surface area contributed by atoms with E-state index in [1.165, 1.54) is 27.2 Å². The molecule has 0 amide bonds. The molecule has 1 heteroatoms. The number of pyridine rings is 1. The van der Waals surface area contributed by atoms with Gasteiger partial charge in [0.05, 0.1) is 0 Å². The van der Waals surface area contributed by atoms with Crippen molar-refractivity contribution in [1.29, 1.82) is 0 Å². The van der Waals surface area contributed by atoms with Crippen molar-refractivity contribution in [2.24, 2.45) is 7.05 Å². The Kier molecular flexibility index (Phi) is 3.61. The van der Waals surface area contributed by atoms with Crippen LogP contribution >= 0.6 is 0 Å². The van der Waals surface area contributed by atoms with E-state index in [1.807, 2.05) is 13.8 Å². The Morgan fingerprint density at radius 3 is 2.28 bits per heavy atom. The number of hydrogen-bond acceptors (Lipinski definition) is 0. The molecule has 0 fully saturated rings. The van der Waals surface area contributed by atoms with Gasteiger partial charge in [0, 0.05) is 23.8 Å². The van der Waals surface area contributed by atoms with Crippen LogP contribution in [0.5, 0.6) is 0 Å². The van der Waals surface area contributed by atoms with Gasteiger partial charge in [-0.3, -0.25) is 0 Å². The lowest BCUT2D eigenvalue weighted by Gasteiger charge is -2.04. The molecular formula is C17H20N+. The minimum atomic E-state index is 1.31. The maximum atomic E-state index is 2.22. The summed E-state index contributed by atoms with van der Waals surface area (Å²) in [4.78, 5) is 0. The number of aromatic nitrogens is 1. The van der Waals surface area contributed by atoms with Crippen molar-refractivity contribution >= 4 is 21.5 Å². The average Bonchev–Trinajstić information content (AvgIpc) is 2.44. The van der Waals surface area contributed by atoms with Crippen molar-refractivity contribution in [3.63, 3.8) is 0 Å². The molecule has 0 radical (unpaired) electrons. The van der Waals surface area contributed by atoms with Crippen molar-refractivity contribution in [3.8, 4) is 0 Å². The number of hydrogen-bond donors (Lipinski definition) is 0. The van der Waals surface area contributed by atoms with Crippen LogP contribution in [0.15, 0.2) is 48.7 Å². The van der Waals surface area contributed by atoms with Crippen molar-refractivity contribution in [1.82, 2.24) is 0 Å². The summed E-state index contributed by atoms with van der Waals surface area (Å²) in [6.45, 7) is 6.16. The number of aryl methyl sites for hydroxylation is 2. The molecule has 0 aliphatic heterocycles. The van der Waals surface area contributed by atoms with Gasteiger partial charge in [0.15, 0.2) is 11.9 Å². The van der Waals surface area contributed by atoms with E-state index in [0.717, 1.165) is 0 Å². The van der Waals surface area contributed by atoms with Crippen LogP contribution in [0.2, 0.25) is 0 Å². The predicted octanol–water partition coefficient (Wildman–Crippen LogP) is 4.15. The molecule has 92 valence electrons. The first-order valence-electron chi connectivity index (χ1n) is 6.54.